The van der Waals surface area contributed by atoms with Crippen LogP contribution in [0.2, 0.25) is 0 Å². The molecule has 4 rings (SSSR count). The van der Waals surface area contributed by atoms with E-state index in [1.807, 2.05) is 48.5 Å². The van der Waals surface area contributed by atoms with Crippen molar-refractivity contribution in [1.29, 1.82) is 0 Å². The van der Waals surface area contributed by atoms with Gasteiger partial charge in [0.1, 0.15) is 6.04 Å². The maximum atomic E-state index is 6.31. The number of benzene rings is 3. The summed E-state index contributed by atoms with van der Waals surface area (Å²) in [7, 11) is 1.70. The van der Waals surface area contributed by atoms with E-state index in [4.69, 9.17) is 14.5 Å². The number of nitrogens with zero attached hydrogens (tertiary/aromatic N) is 1. The lowest BCUT2D eigenvalue weighted by Gasteiger charge is -2.19. The Labute approximate surface area is 184 Å². The highest BCUT2D eigenvalue weighted by Gasteiger charge is 2.31. The molecule has 3 atom stereocenters. The molecule has 31 heavy (non-hydrogen) atoms. The molecule has 0 amide bonds. The fourth-order valence-corrected chi connectivity index (χ4v) is 3.78. The molecule has 0 saturated carbocycles. The molecular formula is C27H28N2O2. The van der Waals surface area contributed by atoms with Gasteiger partial charge in [-0.1, -0.05) is 91.0 Å². The second-order valence-corrected chi connectivity index (χ2v) is 7.64. The molecule has 0 saturated heterocycles. The van der Waals surface area contributed by atoms with Gasteiger partial charge >= 0.3 is 0 Å². The lowest BCUT2D eigenvalue weighted by Crippen LogP contribution is -2.19. The van der Waals surface area contributed by atoms with E-state index in [1.165, 1.54) is 5.56 Å². The Balaban J connectivity index is 1.63. The Morgan fingerprint density at radius 2 is 1.58 bits per heavy atom. The van der Waals surface area contributed by atoms with Crippen molar-refractivity contribution in [3.8, 4) is 0 Å². The second-order valence-electron chi connectivity index (χ2n) is 7.64. The number of methoxy groups -OCH3 is 1. The van der Waals surface area contributed by atoms with Crippen LogP contribution in [0.4, 0.5) is 0 Å². The molecule has 3 aromatic rings. The van der Waals surface area contributed by atoms with E-state index in [0.29, 0.717) is 12.5 Å². The predicted molar refractivity (Wildman–Crippen MR) is 126 cm³/mol. The lowest BCUT2D eigenvalue weighted by atomic mass is 10.0. The van der Waals surface area contributed by atoms with Crippen LogP contribution >= 0.6 is 0 Å². The first kappa shape index (κ1) is 20.9. The topological polar surface area (TPSA) is 42.8 Å². The fourth-order valence-electron chi connectivity index (χ4n) is 3.78. The highest BCUT2D eigenvalue weighted by atomic mass is 16.5. The fraction of sp³-hybridized carbons (Fsp3) is 0.222. The van der Waals surface area contributed by atoms with Gasteiger partial charge in [-0.15, -0.1) is 0 Å². The smallest absolute Gasteiger partial charge is 0.211 e. The molecule has 0 unspecified atom stereocenters. The van der Waals surface area contributed by atoms with Crippen molar-refractivity contribution in [2.24, 2.45) is 4.99 Å². The van der Waals surface area contributed by atoms with Gasteiger partial charge in [-0.3, -0.25) is 0 Å². The van der Waals surface area contributed by atoms with Gasteiger partial charge in [0, 0.05) is 24.9 Å². The minimum Gasteiger partial charge on any atom is -0.467 e. The van der Waals surface area contributed by atoms with Crippen molar-refractivity contribution in [2.45, 2.75) is 25.1 Å². The summed E-state index contributed by atoms with van der Waals surface area (Å²) in [5.74, 6) is 0.613. The van der Waals surface area contributed by atoms with Crippen molar-refractivity contribution in [2.75, 3.05) is 13.7 Å². The molecule has 4 heteroatoms. The maximum absolute atomic E-state index is 6.31. The summed E-state index contributed by atoms with van der Waals surface area (Å²) in [5.41, 5.74) is 4.38. The van der Waals surface area contributed by atoms with Gasteiger partial charge in [-0.2, -0.15) is 0 Å². The Hall–Kier alpha value is -3.37. The van der Waals surface area contributed by atoms with Gasteiger partial charge in [-0.25, -0.2) is 4.99 Å². The standard InChI is InChI=1S/C27H28N2O2/c1-20(21-12-6-3-7-13-21)28-24(22-14-8-4-9-15-22)18-26-29-25(19-30-2)27(31-26)23-16-10-5-11-17-23/h3-18,20,25,27-28H,19H2,1-2H3/b24-18-/t20-,25-,27-/m0/s1. The number of hydrogen-bond donors (Lipinski definition) is 1. The van der Waals surface area contributed by atoms with Crippen LogP contribution in [0, 0.1) is 0 Å². The highest BCUT2D eigenvalue weighted by Crippen LogP contribution is 2.30. The molecule has 4 nitrogen and oxygen atoms in total. The number of ether oxygens (including phenoxy) is 2. The van der Waals surface area contributed by atoms with Crippen LogP contribution in [-0.2, 0) is 9.47 Å². The zero-order chi connectivity index (χ0) is 21.5. The summed E-state index contributed by atoms with van der Waals surface area (Å²) >= 11 is 0. The molecule has 1 aliphatic rings. The lowest BCUT2D eigenvalue weighted by molar-refractivity contribution is 0.120. The molecule has 1 N–H and O–H groups in total. The molecule has 0 fully saturated rings. The van der Waals surface area contributed by atoms with E-state index in [2.05, 4.69) is 60.8 Å². The van der Waals surface area contributed by atoms with E-state index < -0.39 is 0 Å². The summed E-state index contributed by atoms with van der Waals surface area (Å²) < 4.78 is 11.7. The first-order valence-electron chi connectivity index (χ1n) is 10.6. The van der Waals surface area contributed by atoms with E-state index >= 15 is 0 Å². The zero-order valence-electron chi connectivity index (χ0n) is 17.9. The number of rotatable bonds is 8. The zero-order valence-corrected chi connectivity index (χ0v) is 17.9. The SMILES string of the molecule is COC[C@@H]1N=C(/C=C(\N[C@@H](C)c2ccccc2)c2ccccc2)O[C@H]1c1ccccc1. The summed E-state index contributed by atoms with van der Waals surface area (Å²) in [6.07, 6.45) is 1.84. The van der Waals surface area contributed by atoms with E-state index in [9.17, 15) is 0 Å². The quantitative estimate of drug-likeness (QED) is 0.526. The molecule has 1 aliphatic heterocycles. The van der Waals surface area contributed by atoms with Gasteiger partial charge in [0.15, 0.2) is 6.10 Å². The molecule has 0 aliphatic carbocycles. The van der Waals surface area contributed by atoms with Crippen LogP contribution in [-0.4, -0.2) is 25.7 Å². The Bertz CT molecular complexity index is 1020. The van der Waals surface area contributed by atoms with Gasteiger partial charge in [0.2, 0.25) is 5.90 Å². The highest BCUT2D eigenvalue weighted by molar-refractivity contribution is 5.96. The number of aliphatic imine (C=N–C) groups is 1. The maximum Gasteiger partial charge on any atom is 0.211 e. The summed E-state index contributed by atoms with van der Waals surface area (Å²) in [4.78, 5) is 4.83. The van der Waals surface area contributed by atoms with E-state index in [0.717, 1.165) is 16.8 Å². The summed E-state index contributed by atoms with van der Waals surface area (Å²) in [5, 5.41) is 3.65. The van der Waals surface area contributed by atoms with Crippen LogP contribution in [0.15, 0.2) is 102 Å². The molecule has 0 bridgehead atoms. The summed E-state index contributed by atoms with van der Waals surface area (Å²) in [6.45, 7) is 2.66. The van der Waals surface area contributed by atoms with Crippen molar-refractivity contribution in [1.82, 2.24) is 5.32 Å². The summed E-state index contributed by atoms with van der Waals surface area (Å²) in [6, 6.07) is 30.9. The van der Waals surface area contributed by atoms with Crippen molar-refractivity contribution < 1.29 is 9.47 Å². The first-order chi connectivity index (χ1) is 15.2. The van der Waals surface area contributed by atoms with Gasteiger partial charge < -0.3 is 14.8 Å². The normalized spacial score (nSPS) is 19.4. The van der Waals surface area contributed by atoms with Gasteiger partial charge in [0.25, 0.3) is 0 Å². The van der Waals surface area contributed by atoms with Crippen molar-refractivity contribution in [3.05, 3.63) is 114 Å². The third-order valence-corrected chi connectivity index (χ3v) is 5.38. The Morgan fingerprint density at radius 3 is 2.23 bits per heavy atom. The molecule has 1 heterocycles. The molecule has 0 radical (unpaired) electrons. The average Bonchev–Trinajstić information content (AvgIpc) is 3.23. The molecule has 158 valence electrons. The molecule has 0 spiro atoms. The van der Waals surface area contributed by atoms with E-state index in [-0.39, 0.29) is 18.2 Å². The second kappa shape index (κ2) is 10.1. The third-order valence-electron chi connectivity index (χ3n) is 5.38. The Morgan fingerprint density at radius 1 is 0.968 bits per heavy atom. The third kappa shape index (κ3) is 5.22. The molecular weight excluding hydrogens is 384 g/mol. The van der Waals surface area contributed by atoms with Crippen LogP contribution in [0.1, 0.15) is 35.8 Å². The van der Waals surface area contributed by atoms with Gasteiger partial charge in [-0.05, 0) is 23.6 Å². The van der Waals surface area contributed by atoms with E-state index in [1.54, 1.807) is 7.11 Å². The number of hydrogen-bond acceptors (Lipinski definition) is 4. The van der Waals surface area contributed by atoms with Crippen LogP contribution in [0.5, 0.6) is 0 Å². The largest absolute Gasteiger partial charge is 0.467 e. The predicted octanol–water partition coefficient (Wildman–Crippen LogP) is 5.56. The molecule has 0 aromatic heterocycles. The first-order valence-corrected chi connectivity index (χ1v) is 10.6. The average molecular weight is 413 g/mol. The monoisotopic (exact) mass is 412 g/mol. The van der Waals surface area contributed by atoms with Crippen LogP contribution in [0.3, 0.4) is 0 Å². The minimum absolute atomic E-state index is 0.0813. The Kier molecular flexibility index (Phi) is 6.80. The van der Waals surface area contributed by atoms with Gasteiger partial charge in [0.05, 0.1) is 6.61 Å². The minimum atomic E-state index is -0.157. The van der Waals surface area contributed by atoms with Crippen molar-refractivity contribution in [3.63, 3.8) is 0 Å². The van der Waals surface area contributed by atoms with Crippen LogP contribution < -0.4 is 5.32 Å². The number of nitrogens with one attached hydrogen (secondary N) is 1. The van der Waals surface area contributed by atoms with Crippen molar-refractivity contribution >= 4 is 11.6 Å². The molecule has 3 aromatic carbocycles. The van der Waals surface area contributed by atoms with Crippen LogP contribution in [0.25, 0.3) is 5.70 Å².